The molecule has 1 aliphatic heterocycles. The van der Waals surface area contributed by atoms with E-state index in [0.29, 0.717) is 11.5 Å². The Morgan fingerprint density at radius 2 is 2.39 bits per heavy atom. The summed E-state index contributed by atoms with van der Waals surface area (Å²) in [6, 6.07) is 4.36. The predicted octanol–water partition coefficient (Wildman–Crippen LogP) is 0.957. The first-order chi connectivity index (χ1) is 8.55. The van der Waals surface area contributed by atoms with Gasteiger partial charge in [-0.3, -0.25) is 0 Å². The Kier molecular flexibility index (Phi) is 4.77. The second-order valence-electron chi connectivity index (χ2n) is 4.87. The van der Waals surface area contributed by atoms with E-state index in [9.17, 15) is 8.42 Å². The third kappa shape index (κ3) is 4.35. The van der Waals surface area contributed by atoms with Crippen LogP contribution in [0.3, 0.4) is 0 Å². The lowest BCUT2D eigenvalue weighted by Crippen LogP contribution is -2.36. The molecule has 0 aromatic carbocycles. The molecule has 0 aliphatic carbocycles. The minimum Gasteiger partial charge on any atom is -0.312 e. The highest BCUT2D eigenvalue weighted by atomic mass is 32.2. The number of nitrogens with zero attached hydrogens (tertiary/aromatic N) is 1. The molecule has 1 fully saturated rings. The minimum atomic E-state index is -2.76. The quantitative estimate of drug-likeness (QED) is 0.847. The van der Waals surface area contributed by atoms with Crippen LogP contribution in [-0.2, 0) is 16.4 Å². The summed E-state index contributed by atoms with van der Waals surface area (Å²) in [5.74, 6) is 0.650. The van der Waals surface area contributed by atoms with E-state index in [-0.39, 0.29) is 6.04 Å². The predicted molar refractivity (Wildman–Crippen MR) is 75.7 cm³/mol. The lowest BCUT2D eigenvalue weighted by molar-refractivity contribution is 0.321. The summed E-state index contributed by atoms with van der Waals surface area (Å²) in [4.78, 5) is 3.61. The fourth-order valence-corrected chi connectivity index (χ4v) is 4.66. The maximum Gasteiger partial charge on any atom is 0.151 e. The fourth-order valence-electron chi connectivity index (χ4n) is 2.16. The van der Waals surface area contributed by atoms with Gasteiger partial charge in [-0.25, -0.2) is 8.42 Å². The van der Waals surface area contributed by atoms with E-state index in [2.05, 4.69) is 34.8 Å². The molecule has 2 rings (SSSR count). The first kappa shape index (κ1) is 14.0. The number of likely N-dealkylation sites (N-methyl/N-ethyl adjacent to an activating group) is 1. The Morgan fingerprint density at radius 3 is 3.00 bits per heavy atom. The SMILES string of the molecule is CN(CCNC1CCS(=O)(=O)C1)Cc1cccs1. The summed E-state index contributed by atoms with van der Waals surface area (Å²) in [5.41, 5.74) is 0. The van der Waals surface area contributed by atoms with Gasteiger partial charge < -0.3 is 10.2 Å². The Labute approximate surface area is 113 Å². The molecule has 1 aromatic rings. The second-order valence-corrected chi connectivity index (χ2v) is 8.13. The molecule has 1 aromatic heterocycles. The van der Waals surface area contributed by atoms with E-state index in [1.54, 1.807) is 11.3 Å². The summed E-state index contributed by atoms with van der Waals surface area (Å²) in [5, 5.41) is 5.42. The van der Waals surface area contributed by atoms with E-state index in [1.165, 1.54) is 4.88 Å². The first-order valence-corrected chi connectivity index (χ1v) is 8.90. The Hall–Kier alpha value is -0.430. The van der Waals surface area contributed by atoms with Gasteiger partial charge in [0, 0.05) is 30.6 Å². The minimum absolute atomic E-state index is 0.158. The van der Waals surface area contributed by atoms with Crippen LogP contribution in [0.5, 0.6) is 0 Å². The van der Waals surface area contributed by atoms with Gasteiger partial charge in [0.1, 0.15) is 0 Å². The zero-order valence-corrected chi connectivity index (χ0v) is 12.3. The number of hydrogen-bond donors (Lipinski definition) is 1. The molecule has 18 heavy (non-hydrogen) atoms. The number of nitrogens with one attached hydrogen (secondary N) is 1. The first-order valence-electron chi connectivity index (χ1n) is 6.20. The van der Waals surface area contributed by atoms with E-state index in [4.69, 9.17) is 0 Å². The summed E-state index contributed by atoms with van der Waals surface area (Å²) >= 11 is 1.77. The van der Waals surface area contributed by atoms with Gasteiger partial charge in [0.25, 0.3) is 0 Å². The van der Waals surface area contributed by atoms with Crippen molar-refractivity contribution in [3.63, 3.8) is 0 Å². The van der Waals surface area contributed by atoms with Crippen LogP contribution in [0, 0.1) is 0 Å². The van der Waals surface area contributed by atoms with Crippen molar-refractivity contribution in [1.29, 1.82) is 0 Å². The maximum absolute atomic E-state index is 11.3. The monoisotopic (exact) mass is 288 g/mol. The van der Waals surface area contributed by atoms with Crippen molar-refractivity contribution < 1.29 is 8.42 Å². The molecule has 0 saturated carbocycles. The zero-order chi connectivity index (χ0) is 13.0. The van der Waals surface area contributed by atoms with Crippen LogP contribution in [0.15, 0.2) is 17.5 Å². The normalized spacial score (nSPS) is 22.7. The van der Waals surface area contributed by atoms with Gasteiger partial charge >= 0.3 is 0 Å². The highest BCUT2D eigenvalue weighted by Gasteiger charge is 2.27. The highest BCUT2D eigenvalue weighted by Crippen LogP contribution is 2.12. The van der Waals surface area contributed by atoms with E-state index < -0.39 is 9.84 Å². The van der Waals surface area contributed by atoms with Crippen LogP contribution in [0.2, 0.25) is 0 Å². The smallest absolute Gasteiger partial charge is 0.151 e. The van der Waals surface area contributed by atoms with E-state index >= 15 is 0 Å². The van der Waals surface area contributed by atoms with E-state index in [0.717, 1.165) is 26.1 Å². The van der Waals surface area contributed by atoms with Crippen molar-refractivity contribution in [3.8, 4) is 0 Å². The molecule has 1 atom stereocenters. The molecule has 1 aliphatic rings. The van der Waals surface area contributed by atoms with Gasteiger partial charge in [-0.1, -0.05) is 6.07 Å². The molecule has 102 valence electrons. The lowest BCUT2D eigenvalue weighted by Gasteiger charge is -2.17. The van der Waals surface area contributed by atoms with Crippen LogP contribution in [0.1, 0.15) is 11.3 Å². The average Bonchev–Trinajstić information content (AvgIpc) is 2.88. The largest absolute Gasteiger partial charge is 0.312 e. The Morgan fingerprint density at radius 1 is 1.56 bits per heavy atom. The molecule has 0 amide bonds. The standard InChI is InChI=1S/C12H20N2O2S2/c1-14(9-12-3-2-7-17-12)6-5-13-11-4-8-18(15,16)10-11/h2-3,7,11,13H,4-6,8-10H2,1H3. The van der Waals surface area contributed by atoms with Gasteiger partial charge in [0.2, 0.25) is 0 Å². The molecule has 2 heterocycles. The van der Waals surface area contributed by atoms with Crippen LogP contribution in [-0.4, -0.2) is 51.0 Å². The van der Waals surface area contributed by atoms with Crippen LogP contribution >= 0.6 is 11.3 Å². The molecular weight excluding hydrogens is 268 g/mol. The fraction of sp³-hybridized carbons (Fsp3) is 0.667. The van der Waals surface area contributed by atoms with Gasteiger partial charge in [-0.05, 0) is 24.9 Å². The summed E-state index contributed by atoms with van der Waals surface area (Å²) in [6.07, 6.45) is 0.761. The number of rotatable bonds is 6. The van der Waals surface area contributed by atoms with E-state index in [1.807, 2.05) is 0 Å². The van der Waals surface area contributed by atoms with Gasteiger partial charge in [-0.15, -0.1) is 11.3 Å². The summed E-state index contributed by atoms with van der Waals surface area (Å²) in [6.45, 7) is 2.75. The number of sulfone groups is 1. The molecule has 4 nitrogen and oxygen atoms in total. The third-order valence-corrected chi connectivity index (χ3v) is 5.79. The maximum atomic E-state index is 11.3. The van der Waals surface area contributed by atoms with Gasteiger partial charge in [0.15, 0.2) is 9.84 Å². The summed E-state index contributed by atoms with van der Waals surface area (Å²) < 4.78 is 22.6. The molecule has 0 spiro atoms. The molecule has 0 bridgehead atoms. The Bertz CT molecular complexity index is 456. The topological polar surface area (TPSA) is 49.4 Å². The van der Waals surface area contributed by atoms with Gasteiger partial charge in [-0.2, -0.15) is 0 Å². The average molecular weight is 288 g/mol. The van der Waals surface area contributed by atoms with Crippen molar-refractivity contribution in [2.45, 2.75) is 19.0 Å². The molecule has 1 unspecified atom stereocenters. The van der Waals surface area contributed by atoms with Crippen LogP contribution < -0.4 is 5.32 Å². The van der Waals surface area contributed by atoms with Crippen LogP contribution in [0.4, 0.5) is 0 Å². The highest BCUT2D eigenvalue weighted by molar-refractivity contribution is 7.91. The van der Waals surface area contributed by atoms with Crippen molar-refractivity contribution >= 4 is 21.2 Å². The molecule has 0 radical (unpaired) electrons. The zero-order valence-electron chi connectivity index (χ0n) is 10.6. The molecule has 1 N–H and O–H groups in total. The Balaban J connectivity index is 1.63. The van der Waals surface area contributed by atoms with Crippen molar-refractivity contribution in [3.05, 3.63) is 22.4 Å². The molecule has 6 heteroatoms. The second kappa shape index (κ2) is 6.14. The van der Waals surface area contributed by atoms with Gasteiger partial charge in [0.05, 0.1) is 11.5 Å². The van der Waals surface area contributed by atoms with Crippen LogP contribution in [0.25, 0.3) is 0 Å². The van der Waals surface area contributed by atoms with Crippen molar-refractivity contribution in [2.24, 2.45) is 0 Å². The molecule has 1 saturated heterocycles. The lowest BCUT2D eigenvalue weighted by atomic mass is 10.2. The number of thiophene rings is 1. The van der Waals surface area contributed by atoms with Crippen molar-refractivity contribution in [1.82, 2.24) is 10.2 Å². The summed E-state index contributed by atoms with van der Waals surface area (Å²) in [7, 11) is -0.672. The number of hydrogen-bond acceptors (Lipinski definition) is 5. The van der Waals surface area contributed by atoms with Crippen molar-refractivity contribution in [2.75, 3.05) is 31.6 Å². The molecular formula is C12H20N2O2S2. The third-order valence-electron chi connectivity index (χ3n) is 3.16.